The molecule has 142 valence electrons. The van der Waals surface area contributed by atoms with Gasteiger partial charge < -0.3 is 4.90 Å². The molecule has 4 heterocycles. The van der Waals surface area contributed by atoms with Gasteiger partial charge >= 0.3 is 6.18 Å². The maximum Gasteiger partial charge on any atom is 0.435 e. The molecule has 1 aliphatic heterocycles. The summed E-state index contributed by atoms with van der Waals surface area (Å²) in [6.07, 6.45) is -0.00725. The summed E-state index contributed by atoms with van der Waals surface area (Å²) in [5.74, 6) is -0.239. The van der Waals surface area contributed by atoms with Crippen LogP contribution in [0.25, 0.3) is 5.52 Å². The van der Waals surface area contributed by atoms with Crippen molar-refractivity contribution in [2.24, 2.45) is 0 Å². The van der Waals surface area contributed by atoms with E-state index in [1.54, 1.807) is 21.6 Å². The molecule has 0 N–H and O–H groups in total. The number of carbonyl (C=O) groups excluding carboxylic acids is 1. The Kier molecular flexibility index (Phi) is 4.45. The number of pyridine rings is 1. The molecule has 0 aromatic carbocycles. The molecule has 1 amide bonds. The monoisotopic (exact) mass is 441 g/mol. The molecule has 27 heavy (non-hydrogen) atoms. The molecule has 0 spiro atoms. The molecule has 1 unspecified atom stereocenters. The quantitative estimate of drug-likeness (QED) is 0.607. The van der Waals surface area contributed by atoms with Gasteiger partial charge in [0.15, 0.2) is 16.1 Å². The van der Waals surface area contributed by atoms with Crippen LogP contribution in [0.4, 0.5) is 13.2 Å². The summed E-state index contributed by atoms with van der Waals surface area (Å²) in [4.78, 5) is 18.9. The van der Waals surface area contributed by atoms with E-state index in [9.17, 15) is 18.0 Å². The molecule has 3 aromatic rings. The van der Waals surface area contributed by atoms with E-state index in [0.29, 0.717) is 41.9 Å². The lowest BCUT2D eigenvalue weighted by atomic mass is 10.1. The van der Waals surface area contributed by atoms with Gasteiger partial charge in [0.1, 0.15) is 0 Å². The number of likely N-dealkylation sites (tertiary alicyclic amines) is 1. The average Bonchev–Trinajstić information content (AvgIpc) is 3.27. The number of carbonyl (C=O) groups is 1. The summed E-state index contributed by atoms with van der Waals surface area (Å²) in [5.41, 5.74) is 0.0736. The molecule has 1 fully saturated rings. The highest BCUT2D eigenvalue weighted by molar-refractivity contribution is 9.10. The molecular formula is C17H15BrF3N5O. The van der Waals surface area contributed by atoms with Gasteiger partial charge in [-0.2, -0.15) is 18.3 Å². The number of amides is 1. The van der Waals surface area contributed by atoms with E-state index in [1.165, 1.54) is 10.9 Å². The minimum absolute atomic E-state index is 0.239. The number of rotatable bonds is 2. The average molecular weight is 442 g/mol. The number of fused-ring (bicyclic) bond motifs is 1. The number of piperidine rings is 1. The Bertz CT molecular complexity index is 996. The third kappa shape index (κ3) is 3.33. The Balaban J connectivity index is 1.57. The fraction of sp³-hybridized carbons (Fsp3) is 0.353. The molecule has 10 heteroatoms. The summed E-state index contributed by atoms with van der Waals surface area (Å²) in [6, 6.07) is 6.12. The molecule has 1 saturated heterocycles. The zero-order chi connectivity index (χ0) is 19.2. The predicted octanol–water partition coefficient (Wildman–Crippen LogP) is 3.79. The van der Waals surface area contributed by atoms with Crippen molar-refractivity contribution in [1.82, 2.24) is 24.1 Å². The highest BCUT2D eigenvalue weighted by atomic mass is 79.9. The van der Waals surface area contributed by atoms with E-state index in [2.05, 4.69) is 26.0 Å². The van der Waals surface area contributed by atoms with E-state index in [0.717, 1.165) is 6.07 Å². The van der Waals surface area contributed by atoms with Gasteiger partial charge in [0.25, 0.3) is 5.91 Å². The van der Waals surface area contributed by atoms with Crippen LogP contribution in [0.2, 0.25) is 0 Å². The zero-order valence-corrected chi connectivity index (χ0v) is 15.6. The summed E-state index contributed by atoms with van der Waals surface area (Å²) >= 11 is 3.34. The fourth-order valence-corrected chi connectivity index (χ4v) is 3.84. The molecule has 1 aliphatic rings. The Labute approximate surface area is 160 Å². The number of alkyl halides is 3. The van der Waals surface area contributed by atoms with Crippen molar-refractivity contribution >= 4 is 27.4 Å². The van der Waals surface area contributed by atoms with Crippen LogP contribution in [0.1, 0.15) is 35.1 Å². The maximum atomic E-state index is 13.0. The van der Waals surface area contributed by atoms with Crippen LogP contribution in [0.15, 0.2) is 41.4 Å². The first-order valence-electron chi connectivity index (χ1n) is 8.39. The largest absolute Gasteiger partial charge is 0.435 e. The van der Waals surface area contributed by atoms with Crippen LogP contribution in [-0.4, -0.2) is 43.1 Å². The van der Waals surface area contributed by atoms with Gasteiger partial charge in [0.2, 0.25) is 0 Å². The molecule has 3 aromatic heterocycles. The standard InChI is InChI=1S/C17H15BrF3N5O/c18-16-22-14(12-5-1-2-8-25(12)16)15(27)24-7-3-4-11(10-24)26-9-6-13(23-26)17(19,20)21/h1-2,5-6,8-9,11H,3-4,7,10H2. The molecular weight excluding hydrogens is 427 g/mol. The van der Waals surface area contributed by atoms with Gasteiger partial charge in [-0.25, -0.2) is 4.98 Å². The molecule has 6 nitrogen and oxygen atoms in total. The lowest BCUT2D eigenvalue weighted by molar-refractivity contribution is -0.141. The van der Waals surface area contributed by atoms with Gasteiger partial charge in [-0.15, -0.1) is 0 Å². The van der Waals surface area contributed by atoms with Gasteiger partial charge in [-0.3, -0.25) is 13.9 Å². The summed E-state index contributed by atoms with van der Waals surface area (Å²) < 4.78 is 42.0. The molecule has 4 rings (SSSR count). The lowest BCUT2D eigenvalue weighted by Gasteiger charge is -2.32. The van der Waals surface area contributed by atoms with Gasteiger partial charge in [0.05, 0.1) is 11.6 Å². The van der Waals surface area contributed by atoms with Crippen LogP contribution < -0.4 is 0 Å². The third-order valence-electron chi connectivity index (χ3n) is 4.66. The lowest BCUT2D eigenvalue weighted by Crippen LogP contribution is -2.41. The number of halogens is 4. The second kappa shape index (κ2) is 6.66. The Morgan fingerprint density at radius 2 is 2.04 bits per heavy atom. The van der Waals surface area contributed by atoms with Crippen molar-refractivity contribution in [2.75, 3.05) is 13.1 Å². The molecule has 0 bridgehead atoms. The Morgan fingerprint density at radius 1 is 1.22 bits per heavy atom. The molecule has 0 radical (unpaired) electrons. The van der Waals surface area contributed by atoms with Gasteiger partial charge in [0, 0.05) is 25.5 Å². The number of nitrogens with zero attached hydrogens (tertiary/aromatic N) is 5. The predicted molar refractivity (Wildman–Crippen MR) is 94.3 cm³/mol. The second-order valence-corrected chi connectivity index (χ2v) is 7.12. The van der Waals surface area contributed by atoms with E-state index < -0.39 is 11.9 Å². The third-order valence-corrected chi connectivity index (χ3v) is 5.22. The topological polar surface area (TPSA) is 55.4 Å². The number of aromatic nitrogens is 4. The summed E-state index contributed by atoms with van der Waals surface area (Å²) in [5, 5.41) is 3.65. The van der Waals surface area contributed by atoms with Crippen LogP contribution >= 0.6 is 15.9 Å². The minimum atomic E-state index is -4.48. The normalized spacial score (nSPS) is 18.2. The minimum Gasteiger partial charge on any atom is -0.335 e. The Morgan fingerprint density at radius 3 is 2.78 bits per heavy atom. The number of hydrogen-bond donors (Lipinski definition) is 0. The van der Waals surface area contributed by atoms with Crippen LogP contribution in [0, 0.1) is 0 Å². The first-order valence-corrected chi connectivity index (χ1v) is 9.18. The van der Waals surface area contributed by atoms with Crippen LogP contribution in [0.3, 0.4) is 0 Å². The van der Waals surface area contributed by atoms with E-state index >= 15 is 0 Å². The molecule has 1 atom stereocenters. The second-order valence-electron chi connectivity index (χ2n) is 6.41. The summed E-state index contributed by atoms with van der Waals surface area (Å²) in [7, 11) is 0. The Hall–Kier alpha value is -2.36. The molecule has 0 saturated carbocycles. The fourth-order valence-electron chi connectivity index (χ4n) is 3.36. The summed E-state index contributed by atoms with van der Waals surface area (Å²) in [6.45, 7) is 0.827. The highest BCUT2D eigenvalue weighted by Gasteiger charge is 2.35. The van der Waals surface area contributed by atoms with Crippen molar-refractivity contribution in [3.63, 3.8) is 0 Å². The van der Waals surface area contributed by atoms with Gasteiger partial charge in [-0.1, -0.05) is 6.07 Å². The van der Waals surface area contributed by atoms with Gasteiger partial charge in [-0.05, 0) is 47.0 Å². The molecule has 0 aliphatic carbocycles. The smallest absolute Gasteiger partial charge is 0.335 e. The van der Waals surface area contributed by atoms with Crippen molar-refractivity contribution in [1.29, 1.82) is 0 Å². The van der Waals surface area contributed by atoms with Crippen molar-refractivity contribution in [2.45, 2.75) is 25.1 Å². The number of imidazole rings is 1. The number of hydrogen-bond acceptors (Lipinski definition) is 3. The van der Waals surface area contributed by atoms with Crippen molar-refractivity contribution in [3.8, 4) is 0 Å². The first kappa shape index (κ1) is 18.0. The van der Waals surface area contributed by atoms with E-state index in [-0.39, 0.29) is 11.9 Å². The van der Waals surface area contributed by atoms with Crippen molar-refractivity contribution in [3.05, 3.63) is 52.8 Å². The van der Waals surface area contributed by atoms with Crippen molar-refractivity contribution < 1.29 is 18.0 Å². The van der Waals surface area contributed by atoms with Crippen LogP contribution in [-0.2, 0) is 6.18 Å². The maximum absolute atomic E-state index is 13.0. The van der Waals surface area contributed by atoms with E-state index in [1.807, 2.05) is 12.1 Å². The zero-order valence-electron chi connectivity index (χ0n) is 14.0. The van der Waals surface area contributed by atoms with E-state index in [4.69, 9.17) is 0 Å². The highest BCUT2D eigenvalue weighted by Crippen LogP contribution is 2.30. The SMILES string of the molecule is O=C(c1nc(Br)n2ccccc12)N1CCCC(n2ccc(C(F)(F)F)n2)C1. The van der Waals surface area contributed by atoms with Crippen LogP contribution in [0.5, 0.6) is 0 Å². The first-order chi connectivity index (χ1) is 12.8.